The molecular weight excluding hydrogens is 442 g/mol. The number of nitrogens with one attached hydrogen (secondary N) is 1. The molecule has 1 fully saturated rings. The highest BCUT2D eigenvalue weighted by Gasteiger charge is 2.50. The third-order valence-electron chi connectivity index (χ3n) is 5.96. The first kappa shape index (κ1) is 22.5. The second-order valence-corrected chi connectivity index (χ2v) is 10.2. The van der Waals surface area contributed by atoms with Gasteiger partial charge in [-0.1, -0.05) is 42.5 Å². The number of hydrogen-bond acceptors (Lipinski definition) is 5. The van der Waals surface area contributed by atoms with Gasteiger partial charge in [-0.05, 0) is 47.5 Å². The molecule has 33 heavy (non-hydrogen) atoms. The SMILES string of the molecule is CN(c1ccc(C(=O)CN2C(=O)N[C@](C)(c3cccc4ccccc34)C2=O)cc1)S(C)(=O)=O. The minimum absolute atomic E-state index is 0.264. The van der Waals surface area contributed by atoms with E-state index in [-0.39, 0.29) is 5.56 Å². The van der Waals surface area contributed by atoms with Crippen molar-refractivity contribution in [1.29, 1.82) is 0 Å². The van der Waals surface area contributed by atoms with Gasteiger partial charge in [0.1, 0.15) is 5.54 Å². The lowest BCUT2D eigenvalue weighted by atomic mass is 9.88. The van der Waals surface area contributed by atoms with Gasteiger partial charge < -0.3 is 5.32 Å². The second kappa shape index (κ2) is 8.00. The largest absolute Gasteiger partial charge is 0.325 e. The minimum atomic E-state index is -3.43. The quantitative estimate of drug-likeness (QED) is 0.445. The van der Waals surface area contributed by atoms with E-state index in [1.807, 2.05) is 36.4 Å². The zero-order valence-electron chi connectivity index (χ0n) is 18.4. The molecule has 1 heterocycles. The van der Waals surface area contributed by atoms with Gasteiger partial charge in [0.15, 0.2) is 5.78 Å². The molecule has 1 atom stereocenters. The molecule has 1 N–H and O–H groups in total. The third-order valence-corrected chi connectivity index (χ3v) is 7.16. The van der Waals surface area contributed by atoms with Crippen LogP contribution in [0.15, 0.2) is 66.7 Å². The van der Waals surface area contributed by atoms with Gasteiger partial charge >= 0.3 is 6.03 Å². The van der Waals surface area contributed by atoms with Crippen molar-refractivity contribution in [2.45, 2.75) is 12.5 Å². The smallest absolute Gasteiger partial charge is 0.319 e. The van der Waals surface area contributed by atoms with Crippen molar-refractivity contribution in [3.05, 3.63) is 77.9 Å². The Kier molecular flexibility index (Phi) is 5.45. The van der Waals surface area contributed by atoms with Crippen LogP contribution in [-0.4, -0.2) is 50.9 Å². The number of anilines is 1. The summed E-state index contributed by atoms with van der Waals surface area (Å²) in [5.41, 5.74) is 0.00922. The molecule has 1 aliphatic heterocycles. The number of imide groups is 1. The summed E-state index contributed by atoms with van der Waals surface area (Å²) in [7, 11) is -2.02. The molecule has 1 aliphatic rings. The summed E-state index contributed by atoms with van der Waals surface area (Å²) in [5.74, 6) is -0.945. The van der Waals surface area contributed by atoms with Crippen LogP contribution in [0.25, 0.3) is 10.8 Å². The lowest BCUT2D eigenvalue weighted by Gasteiger charge is -2.24. The minimum Gasteiger partial charge on any atom is -0.319 e. The summed E-state index contributed by atoms with van der Waals surface area (Å²) < 4.78 is 24.5. The number of nitrogens with zero attached hydrogens (tertiary/aromatic N) is 2. The zero-order chi connectivity index (χ0) is 24.0. The molecule has 0 aromatic heterocycles. The van der Waals surface area contributed by atoms with Crippen LogP contribution in [0.4, 0.5) is 10.5 Å². The number of hydrogen-bond donors (Lipinski definition) is 1. The number of benzene rings is 3. The summed E-state index contributed by atoms with van der Waals surface area (Å²) in [4.78, 5) is 39.8. The van der Waals surface area contributed by atoms with E-state index in [9.17, 15) is 22.8 Å². The average Bonchev–Trinajstić information content (AvgIpc) is 3.01. The number of rotatable bonds is 6. The summed E-state index contributed by atoms with van der Waals surface area (Å²) in [6, 6.07) is 18.4. The highest BCUT2D eigenvalue weighted by Crippen LogP contribution is 2.34. The van der Waals surface area contributed by atoms with Gasteiger partial charge in [0.25, 0.3) is 5.91 Å². The zero-order valence-corrected chi connectivity index (χ0v) is 19.2. The predicted octanol–water partition coefficient (Wildman–Crippen LogP) is 2.89. The molecule has 9 heteroatoms. The van der Waals surface area contributed by atoms with Crippen LogP contribution in [0.1, 0.15) is 22.8 Å². The lowest BCUT2D eigenvalue weighted by Crippen LogP contribution is -2.41. The molecule has 170 valence electrons. The Balaban J connectivity index is 1.58. The van der Waals surface area contributed by atoms with Gasteiger partial charge in [0.2, 0.25) is 10.0 Å². The predicted molar refractivity (Wildman–Crippen MR) is 126 cm³/mol. The van der Waals surface area contributed by atoms with Gasteiger partial charge in [0, 0.05) is 12.6 Å². The average molecular weight is 466 g/mol. The fraction of sp³-hybridized carbons (Fsp3) is 0.208. The molecule has 3 aromatic carbocycles. The van der Waals surface area contributed by atoms with Crippen molar-refractivity contribution >= 4 is 44.2 Å². The molecule has 0 radical (unpaired) electrons. The molecule has 3 aromatic rings. The fourth-order valence-electron chi connectivity index (χ4n) is 3.97. The first-order valence-electron chi connectivity index (χ1n) is 10.2. The number of urea groups is 1. The third kappa shape index (κ3) is 3.95. The Bertz CT molecular complexity index is 1380. The van der Waals surface area contributed by atoms with E-state index in [0.29, 0.717) is 11.3 Å². The Morgan fingerprint density at radius 3 is 2.30 bits per heavy atom. The summed E-state index contributed by atoms with van der Waals surface area (Å²) in [6.45, 7) is 1.21. The van der Waals surface area contributed by atoms with Crippen LogP contribution in [0, 0.1) is 0 Å². The van der Waals surface area contributed by atoms with E-state index in [1.54, 1.807) is 13.0 Å². The highest BCUT2D eigenvalue weighted by atomic mass is 32.2. The van der Waals surface area contributed by atoms with Crippen LogP contribution in [0.3, 0.4) is 0 Å². The molecular formula is C24H23N3O5S. The molecule has 0 saturated carbocycles. The first-order chi connectivity index (χ1) is 15.5. The van der Waals surface area contributed by atoms with Crippen molar-refractivity contribution < 1.29 is 22.8 Å². The van der Waals surface area contributed by atoms with Crippen molar-refractivity contribution in [3.63, 3.8) is 0 Å². The maximum atomic E-state index is 13.3. The van der Waals surface area contributed by atoms with Crippen LogP contribution in [0.2, 0.25) is 0 Å². The number of ketones is 1. The Morgan fingerprint density at radius 2 is 1.64 bits per heavy atom. The monoisotopic (exact) mass is 465 g/mol. The Hall–Kier alpha value is -3.72. The molecule has 0 bridgehead atoms. The number of amides is 3. The van der Waals surface area contributed by atoms with Crippen LogP contribution in [0.5, 0.6) is 0 Å². The van der Waals surface area contributed by atoms with Crippen molar-refractivity contribution in [2.75, 3.05) is 24.2 Å². The fourth-order valence-corrected chi connectivity index (χ4v) is 4.47. The van der Waals surface area contributed by atoms with E-state index in [2.05, 4.69) is 5.32 Å². The van der Waals surface area contributed by atoms with Crippen LogP contribution in [-0.2, 0) is 20.4 Å². The molecule has 8 nitrogen and oxygen atoms in total. The number of carbonyl (C=O) groups excluding carboxylic acids is 3. The van der Waals surface area contributed by atoms with Gasteiger partial charge in [-0.3, -0.25) is 18.8 Å². The summed E-state index contributed by atoms with van der Waals surface area (Å²) in [5, 5.41) is 4.53. The number of sulfonamides is 1. The normalized spacial score (nSPS) is 18.5. The molecule has 1 saturated heterocycles. The second-order valence-electron chi connectivity index (χ2n) is 8.17. The van der Waals surface area contributed by atoms with Crippen LogP contribution >= 0.6 is 0 Å². The highest BCUT2D eigenvalue weighted by molar-refractivity contribution is 7.92. The Labute approximate surface area is 191 Å². The van der Waals surface area contributed by atoms with Gasteiger partial charge in [0.05, 0.1) is 18.5 Å². The maximum absolute atomic E-state index is 13.3. The summed E-state index contributed by atoms with van der Waals surface area (Å²) >= 11 is 0. The molecule has 0 spiro atoms. The van der Waals surface area contributed by atoms with Gasteiger partial charge in [-0.2, -0.15) is 0 Å². The molecule has 4 rings (SSSR count). The molecule has 0 aliphatic carbocycles. The van der Waals surface area contributed by atoms with E-state index in [1.165, 1.54) is 31.3 Å². The van der Waals surface area contributed by atoms with Gasteiger partial charge in [-0.15, -0.1) is 0 Å². The molecule has 0 unspecified atom stereocenters. The van der Waals surface area contributed by atoms with E-state index >= 15 is 0 Å². The molecule has 3 amide bonds. The standard InChI is InChI=1S/C24H23N3O5S/c1-24(20-10-6-8-16-7-4-5-9-19(16)20)22(29)27(23(30)25-24)15-21(28)17-11-13-18(14-12-17)26(2)33(3,31)32/h4-14H,15H2,1-3H3,(H,25,30)/t24-/m1/s1. The number of carbonyl (C=O) groups is 3. The first-order valence-corrected chi connectivity index (χ1v) is 12.1. The van der Waals surface area contributed by atoms with Crippen LogP contribution < -0.4 is 9.62 Å². The number of Topliss-reactive ketones (excluding diaryl/α,β-unsaturated/α-hetero) is 1. The maximum Gasteiger partial charge on any atom is 0.325 e. The van der Waals surface area contributed by atoms with E-state index in [0.717, 1.165) is 26.2 Å². The van der Waals surface area contributed by atoms with Gasteiger partial charge in [-0.25, -0.2) is 13.2 Å². The topological polar surface area (TPSA) is 104 Å². The number of fused-ring (bicyclic) bond motifs is 1. The lowest BCUT2D eigenvalue weighted by molar-refractivity contribution is -0.130. The summed E-state index contributed by atoms with van der Waals surface area (Å²) in [6.07, 6.45) is 1.08. The van der Waals surface area contributed by atoms with E-state index in [4.69, 9.17) is 0 Å². The van der Waals surface area contributed by atoms with E-state index < -0.39 is 39.8 Å². The van der Waals surface area contributed by atoms with Crippen molar-refractivity contribution in [3.8, 4) is 0 Å². The van der Waals surface area contributed by atoms with Crippen molar-refractivity contribution in [1.82, 2.24) is 10.2 Å². The van der Waals surface area contributed by atoms with Crippen molar-refractivity contribution in [2.24, 2.45) is 0 Å². The Morgan fingerprint density at radius 1 is 1.00 bits per heavy atom.